The van der Waals surface area contributed by atoms with Gasteiger partial charge >= 0.3 is 11.6 Å². The maximum Gasteiger partial charge on any atom is 0.339 e. The zero-order valence-electron chi connectivity index (χ0n) is 19.7. The molecule has 0 fully saturated rings. The van der Waals surface area contributed by atoms with Gasteiger partial charge in [-0.1, -0.05) is 54.6 Å². The van der Waals surface area contributed by atoms with Gasteiger partial charge in [0, 0.05) is 22.9 Å². The Bertz CT molecular complexity index is 1370. The van der Waals surface area contributed by atoms with Crippen LogP contribution in [0.3, 0.4) is 0 Å². The summed E-state index contributed by atoms with van der Waals surface area (Å²) in [6.45, 7) is 6.24. The van der Waals surface area contributed by atoms with Crippen molar-refractivity contribution < 1.29 is 18.7 Å². The van der Waals surface area contributed by atoms with E-state index >= 15 is 0 Å². The van der Waals surface area contributed by atoms with Gasteiger partial charge in [0.05, 0.1) is 6.61 Å². The summed E-state index contributed by atoms with van der Waals surface area (Å²) in [5.41, 5.74) is 5.50. The number of esters is 1. The summed E-state index contributed by atoms with van der Waals surface area (Å²) in [6, 6.07) is 22.2. The van der Waals surface area contributed by atoms with Gasteiger partial charge in [-0.15, -0.1) is 0 Å². The standard InChI is InChI=1S/C29H28O5/c1-4-32-27(30)17-15-24-19(2)23-14-16-26(20(3)28(23)34-29(24)31)33-18-22-12-8-9-13-25(22)21-10-6-5-7-11-21/h5-14,16H,4,15,17-18H2,1-3H3. The van der Waals surface area contributed by atoms with Crippen LogP contribution in [0.15, 0.2) is 75.9 Å². The monoisotopic (exact) mass is 456 g/mol. The fourth-order valence-electron chi connectivity index (χ4n) is 4.18. The van der Waals surface area contributed by atoms with E-state index in [1.165, 1.54) is 0 Å². The molecule has 0 aliphatic rings. The van der Waals surface area contributed by atoms with Gasteiger partial charge in [-0.05, 0) is 61.6 Å². The summed E-state index contributed by atoms with van der Waals surface area (Å²) < 4.78 is 16.9. The first-order valence-electron chi connectivity index (χ1n) is 11.5. The lowest BCUT2D eigenvalue weighted by molar-refractivity contribution is -0.143. The molecule has 4 rings (SSSR count). The Hall–Kier alpha value is -3.86. The van der Waals surface area contributed by atoms with Crippen molar-refractivity contribution in [3.05, 3.63) is 99.4 Å². The summed E-state index contributed by atoms with van der Waals surface area (Å²) in [7, 11) is 0. The maximum atomic E-state index is 12.7. The van der Waals surface area contributed by atoms with Crippen LogP contribution in [0.1, 0.15) is 35.6 Å². The van der Waals surface area contributed by atoms with Crippen LogP contribution < -0.4 is 10.4 Å². The minimum Gasteiger partial charge on any atom is -0.488 e. The molecule has 0 amide bonds. The van der Waals surface area contributed by atoms with Gasteiger partial charge in [-0.2, -0.15) is 0 Å². The number of carbonyl (C=O) groups excluding carboxylic acids is 1. The smallest absolute Gasteiger partial charge is 0.339 e. The second-order valence-corrected chi connectivity index (χ2v) is 8.18. The molecule has 3 aromatic carbocycles. The molecular weight excluding hydrogens is 428 g/mol. The molecule has 0 aliphatic carbocycles. The van der Waals surface area contributed by atoms with Crippen LogP contribution in [0.25, 0.3) is 22.1 Å². The Morgan fingerprint density at radius 3 is 2.41 bits per heavy atom. The van der Waals surface area contributed by atoms with Crippen molar-refractivity contribution in [1.29, 1.82) is 0 Å². The van der Waals surface area contributed by atoms with Gasteiger partial charge in [0.2, 0.25) is 0 Å². The highest BCUT2D eigenvalue weighted by Gasteiger charge is 2.17. The third-order valence-electron chi connectivity index (χ3n) is 6.02. The molecule has 0 bridgehead atoms. The maximum absolute atomic E-state index is 12.7. The van der Waals surface area contributed by atoms with E-state index in [-0.39, 0.29) is 18.8 Å². The topological polar surface area (TPSA) is 65.7 Å². The fourth-order valence-corrected chi connectivity index (χ4v) is 4.18. The summed E-state index contributed by atoms with van der Waals surface area (Å²) in [5.74, 6) is 0.342. The van der Waals surface area contributed by atoms with E-state index in [1.54, 1.807) is 6.92 Å². The number of rotatable bonds is 8. The fraction of sp³-hybridized carbons (Fsp3) is 0.241. The van der Waals surface area contributed by atoms with Crippen LogP contribution in [0.4, 0.5) is 0 Å². The summed E-state index contributed by atoms with van der Waals surface area (Å²) in [6.07, 6.45) is 0.433. The number of hydrogen-bond donors (Lipinski definition) is 0. The van der Waals surface area contributed by atoms with Crippen molar-refractivity contribution in [2.24, 2.45) is 0 Å². The quantitative estimate of drug-likeness (QED) is 0.235. The zero-order chi connectivity index (χ0) is 24.1. The van der Waals surface area contributed by atoms with Gasteiger partial charge in [0.25, 0.3) is 0 Å². The second-order valence-electron chi connectivity index (χ2n) is 8.18. The van der Waals surface area contributed by atoms with Crippen LogP contribution in [-0.4, -0.2) is 12.6 Å². The van der Waals surface area contributed by atoms with Crippen molar-refractivity contribution in [2.45, 2.75) is 40.2 Å². The number of benzene rings is 3. The van der Waals surface area contributed by atoms with Gasteiger partial charge in [0.15, 0.2) is 0 Å². The van der Waals surface area contributed by atoms with Gasteiger partial charge < -0.3 is 13.9 Å². The molecule has 4 aromatic rings. The van der Waals surface area contributed by atoms with Gasteiger partial charge in [-0.25, -0.2) is 4.79 Å². The Kier molecular flexibility index (Phi) is 7.12. The molecule has 0 aliphatic heterocycles. The first kappa shape index (κ1) is 23.3. The van der Waals surface area contributed by atoms with Crippen molar-refractivity contribution in [1.82, 2.24) is 0 Å². The van der Waals surface area contributed by atoms with E-state index in [1.807, 2.05) is 56.3 Å². The number of carbonyl (C=O) groups is 1. The lowest BCUT2D eigenvalue weighted by atomic mass is 10.00. The molecular formula is C29H28O5. The van der Waals surface area contributed by atoms with Crippen molar-refractivity contribution in [3.8, 4) is 16.9 Å². The van der Waals surface area contributed by atoms with E-state index in [0.717, 1.165) is 33.2 Å². The van der Waals surface area contributed by atoms with Gasteiger partial charge in [0.1, 0.15) is 17.9 Å². The Balaban J connectivity index is 1.60. The average molecular weight is 457 g/mol. The summed E-state index contributed by atoms with van der Waals surface area (Å²) in [4.78, 5) is 24.4. The first-order valence-corrected chi connectivity index (χ1v) is 11.5. The Morgan fingerprint density at radius 1 is 0.912 bits per heavy atom. The van der Waals surface area contributed by atoms with E-state index in [2.05, 4.69) is 24.3 Å². The molecule has 0 N–H and O–H groups in total. The Labute approximate surface area is 199 Å². The molecule has 0 atom stereocenters. The molecule has 34 heavy (non-hydrogen) atoms. The first-order chi connectivity index (χ1) is 16.5. The molecule has 1 heterocycles. The lowest BCUT2D eigenvalue weighted by Crippen LogP contribution is -2.14. The molecule has 0 radical (unpaired) electrons. The van der Waals surface area contributed by atoms with Crippen LogP contribution in [0.5, 0.6) is 5.75 Å². The lowest BCUT2D eigenvalue weighted by Gasteiger charge is -2.15. The molecule has 174 valence electrons. The second kappa shape index (κ2) is 10.4. The number of fused-ring (bicyclic) bond motifs is 1. The molecule has 0 saturated heterocycles. The van der Waals surface area contributed by atoms with E-state index in [9.17, 15) is 9.59 Å². The Morgan fingerprint density at radius 2 is 1.65 bits per heavy atom. The van der Waals surface area contributed by atoms with E-state index in [4.69, 9.17) is 13.9 Å². The highest BCUT2D eigenvalue weighted by atomic mass is 16.5. The zero-order valence-corrected chi connectivity index (χ0v) is 19.7. The highest BCUT2D eigenvalue weighted by molar-refractivity contribution is 5.85. The average Bonchev–Trinajstić information content (AvgIpc) is 2.85. The van der Waals surface area contributed by atoms with Crippen LogP contribution in [-0.2, 0) is 22.6 Å². The molecule has 5 nitrogen and oxygen atoms in total. The van der Waals surface area contributed by atoms with Crippen molar-refractivity contribution >= 4 is 16.9 Å². The van der Waals surface area contributed by atoms with Crippen molar-refractivity contribution in [2.75, 3.05) is 6.61 Å². The highest BCUT2D eigenvalue weighted by Crippen LogP contribution is 2.31. The third-order valence-corrected chi connectivity index (χ3v) is 6.02. The van der Waals surface area contributed by atoms with Gasteiger partial charge in [-0.3, -0.25) is 4.79 Å². The molecule has 0 saturated carbocycles. The van der Waals surface area contributed by atoms with E-state index in [0.29, 0.717) is 30.1 Å². The normalized spacial score (nSPS) is 10.9. The molecule has 1 aromatic heterocycles. The third kappa shape index (κ3) is 4.88. The summed E-state index contributed by atoms with van der Waals surface area (Å²) >= 11 is 0. The number of hydrogen-bond acceptors (Lipinski definition) is 5. The van der Waals surface area contributed by atoms with Crippen LogP contribution >= 0.6 is 0 Å². The SMILES string of the molecule is CCOC(=O)CCc1c(C)c2ccc(OCc3ccccc3-c3ccccc3)c(C)c2oc1=O. The molecule has 0 spiro atoms. The minimum absolute atomic E-state index is 0.145. The predicted octanol–water partition coefficient (Wildman–Crippen LogP) is 6.15. The largest absolute Gasteiger partial charge is 0.488 e. The number of ether oxygens (including phenoxy) is 2. The van der Waals surface area contributed by atoms with E-state index < -0.39 is 5.63 Å². The summed E-state index contributed by atoms with van der Waals surface area (Å²) in [5, 5.41) is 0.841. The van der Waals surface area contributed by atoms with Crippen molar-refractivity contribution in [3.63, 3.8) is 0 Å². The molecule has 0 unspecified atom stereocenters. The van der Waals surface area contributed by atoms with Crippen LogP contribution in [0.2, 0.25) is 0 Å². The predicted molar refractivity (Wildman–Crippen MR) is 133 cm³/mol. The number of aryl methyl sites for hydroxylation is 2. The minimum atomic E-state index is -0.427. The molecule has 5 heteroatoms. The van der Waals surface area contributed by atoms with Crippen LogP contribution in [0, 0.1) is 13.8 Å².